The lowest BCUT2D eigenvalue weighted by atomic mass is 10.3. The van der Waals surface area contributed by atoms with Gasteiger partial charge in [0.2, 0.25) is 0 Å². The molecule has 0 bridgehead atoms. The molecule has 4 nitrogen and oxygen atoms in total. The summed E-state index contributed by atoms with van der Waals surface area (Å²) in [5.41, 5.74) is 0. The van der Waals surface area contributed by atoms with Gasteiger partial charge in [0, 0.05) is 0 Å². The first-order valence-electron chi connectivity index (χ1n) is 2.12. The van der Waals surface area contributed by atoms with Gasteiger partial charge in [-0.15, -0.1) is 0 Å². The van der Waals surface area contributed by atoms with E-state index in [0.717, 1.165) is 0 Å². The molecular formula is C4H5BrO4. The van der Waals surface area contributed by atoms with Gasteiger partial charge in [0.1, 0.15) is 4.83 Å². The molecule has 0 fully saturated rings. The average molecular weight is 197 g/mol. The second-order valence-corrected chi connectivity index (χ2v) is 2.51. The predicted molar refractivity (Wildman–Crippen MR) is 32.6 cm³/mol. The summed E-state index contributed by atoms with van der Waals surface area (Å²) >= 11 is 2.66. The zero-order chi connectivity index (χ0) is 7.44. The minimum atomic E-state index is -1.16. The largest absolute Gasteiger partial charge is 0.481 e. The van der Waals surface area contributed by atoms with E-state index in [-0.39, 0.29) is 0 Å². The molecule has 2 N–H and O–H groups in total. The van der Waals surface area contributed by atoms with Gasteiger partial charge in [-0.3, -0.25) is 9.59 Å². The van der Waals surface area contributed by atoms with Crippen LogP contribution in [0.15, 0.2) is 0 Å². The van der Waals surface area contributed by atoms with E-state index in [1.807, 2.05) is 0 Å². The highest BCUT2D eigenvalue weighted by Gasteiger charge is 2.15. The third-order valence-electron chi connectivity index (χ3n) is 0.622. The molecule has 0 aliphatic heterocycles. The number of aliphatic carboxylic acids is 2. The van der Waals surface area contributed by atoms with E-state index in [4.69, 9.17) is 10.2 Å². The van der Waals surface area contributed by atoms with Crippen molar-refractivity contribution in [3.05, 3.63) is 0 Å². The van der Waals surface area contributed by atoms with Gasteiger partial charge >= 0.3 is 11.9 Å². The molecule has 0 aromatic carbocycles. The summed E-state index contributed by atoms with van der Waals surface area (Å²) < 4.78 is 0. The zero-order valence-electron chi connectivity index (χ0n) is 4.37. The summed E-state index contributed by atoms with van der Waals surface area (Å²) in [4.78, 5) is 18.8. The van der Waals surface area contributed by atoms with Crippen LogP contribution < -0.4 is 0 Å². The van der Waals surface area contributed by atoms with Gasteiger partial charge in [-0.25, -0.2) is 0 Å². The summed E-state index contributed by atoms with van der Waals surface area (Å²) in [6, 6.07) is 0. The standard InChI is InChI=1S/C4H5BrO4/c5-2(4(8)9)1-3(6)7/h2H,1H2,(H,6,7)(H,8,9)/t2-/m1/s1. The molecule has 0 rings (SSSR count). The number of carboxylic acid groups (broad SMARTS) is 2. The van der Waals surface area contributed by atoms with Gasteiger partial charge in [0.05, 0.1) is 6.42 Å². The molecule has 0 spiro atoms. The Kier molecular flexibility index (Phi) is 3.22. The molecule has 0 aromatic heterocycles. The Hall–Kier alpha value is -0.580. The molecule has 5 heteroatoms. The monoisotopic (exact) mass is 196 g/mol. The third-order valence-corrected chi connectivity index (χ3v) is 1.34. The number of carboxylic acids is 2. The Bertz CT molecular complexity index is 133. The first-order chi connectivity index (χ1) is 4.04. The van der Waals surface area contributed by atoms with E-state index in [9.17, 15) is 9.59 Å². The summed E-state index contributed by atoms with van der Waals surface area (Å²) in [5, 5.41) is 16.2. The van der Waals surface area contributed by atoms with Crippen LogP contribution in [0.4, 0.5) is 0 Å². The second-order valence-electron chi connectivity index (χ2n) is 1.40. The predicted octanol–water partition coefficient (Wildman–Crippen LogP) is 0.309. The van der Waals surface area contributed by atoms with Crippen LogP contribution in [0, 0.1) is 0 Å². The number of alkyl halides is 1. The van der Waals surface area contributed by atoms with Gasteiger partial charge < -0.3 is 10.2 Å². The maximum Gasteiger partial charge on any atom is 0.317 e. The zero-order valence-corrected chi connectivity index (χ0v) is 5.96. The van der Waals surface area contributed by atoms with Crippen molar-refractivity contribution >= 4 is 27.9 Å². The summed E-state index contributed by atoms with van der Waals surface area (Å²) in [6.07, 6.45) is -0.394. The van der Waals surface area contributed by atoms with Crippen molar-refractivity contribution in [2.24, 2.45) is 0 Å². The van der Waals surface area contributed by atoms with Crippen molar-refractivity contribution in [3.8, 4) is 0 Å². The first kappa shape index (κ1) is 8.42. The lowest BCUT2D eigenvalue weighted by molar-refractivity contribution is -0.142. The van der Waals surface area contributed by atoms with Crippen molar-refractivity contribution in [3.63, 3.8) is 0 Å². The molecule has 0 heterocycles. The lowest BCUT2D eigenvalue weighted by Gasteiger charge is -1.96. The molecule has 0 unspecified atom stereocenters. The smallest absolute Gasteiger partial charge is 0.317 e. The molecule has 0 amide bonds. The van der Waals surface area contributed by atoms with Crippen LogP contribution in [-0.2, 0) is 9.59 Å². The Morgan fingerprint density at radius 1 is 1.44 bits per heavy atom. The van der Waals surface area contributed by atoms with Crippen molar-refractivity contribution in [2.45, 2.75) is 11.2 Å². The van der Waals surface area contributed by atoms with E-state index in [1.165, 1.54) is 0 Å². The lowest BCUT2D eigenvalue weighted by Crippen LogP contribution is -2.16. The molecule has 1 atom stereocenters. The molecule has 0 saturated heterocycles. The van der Waals surface area contributed by atoms with Crippen molar-refractivity contribution < 1.29 is 19.8 Å². The molecule has 0 saturated carbocycles. The van der Waals surface area contributed by atoms with E-state index < -0.39 is 23.2 Å². The maximum absolute atomic E-state index is 9.92. The Balaban J connectivity index is 3.63. The van der Waals surface area contributed by atoms with E-state index in [1.54, 1.807) is 0 Å². The quantitative estimate of drug-likeness (QED) is 0.638. The van der Waals surface area contributed by atoms with Gasteiger partial charge in [-0.2, -0.15) is 0 Å². The summed E-state index contributed by atoms with van der Waals surface area (Å²) in [7, 11) is 0. The molecule has 52 valence electrons. The fourth-order valence-corrected chi connectivity index (χ4v) is 0.518. The second kappa shape index (κ2) is 3.45. The van der Waals surface area contributed by atoms with Crippen molar-refractivity contribution in [2.75, 3.05) is 0 Å². The fraction of sp³-hybridized carbons (Fsp3) is 0.500. The highest BCUT2D eigenvalue weighted by Crippen LogP contribution is 2.03. The average Bonchev–Trinajstić information content (AvgIpc) is 1.63. The summed E-state index contributed by atoms with van der Waals surface area (Å²) in [5.74, 6) is -2.28. The van der Waals surface area contributed by atoms with Crippen LogP contribution >= 0.6 is 15.9 Å². The number of hydrogen-bond acceptors (Lipinski definition) is 2. The van der Waals surface area contributed by atoms with Crippen LogP contribution in [0.25, 0.3) is 0 Å². The Labute approximate surface area is 59.6 Å². The van der Waals surface area contributed by atoms with Crippen LogP contribution in [0.2, 0.25) is 0 Å². The van der Waals surface area contributed by atoms with Gasteiger partial charge in [0.25, 0.3) is 0 Å². The Morgan fingerprint density at radius 2 is 1.89 bits per heavy atom. The first-order valence-corrected chi connectivity index (χ1v) is 3.04. The molecule has 0 radical (unpaired) electrons. The summed E-state index contributed by atoms with van der Waals surface area (Å²) in [6.45, 7) is 0. The van der Waals surface area contributed by atoms with Crippen molar-refractivity contribution in [1.82, 2.24) is 0 Å². The van der Waals surface area contributed by atoms with E-state index >= 15 is 0 Å². The van der Waals surface area contributed by atoms with Crippen LogP contribution in [0.5, 0.6) is 0 Å². The number of hydrogen-bond donors (Lipinski definition) is 2. The number of halogens is 1. The van der Waals surface area contributed by atoms with Gasteiger partial charge in [0.15, 0.2) is 0 Å². The fourth-order valence-electron chi connectivity index (χ4n) is 0.241. The van der Waals surface area contributed by atoms with Gasteiger partial charge in [-0.05, 0) is 0 Å². The minimum absolute atomic E-state index is 0.394. The highest BCUT2D eigenvalue weighted by atomic mass is 79.9. The van der Waals surface area contributed by atoms with E-state index in [0.29, 0.717) is 0 Å². The van der Waals surface area contributed by atoms with E-state index in [2.05, 4.69) is 15.9 Å². The number of rotatable bonds is 3. The minimum Gasteiger partial charge on any atom is -0.481 e. The van der Waals surface area contributed by atoms with Crippen LogP contribution in [-0.4, -0.2) is 27.0 Å². The molecule has 0 aromatic rings. The van der Waals surface area contributed by atoms with Gasteiger partial charge in [-0.1, -0.05) is 15.9 Å². The molecule has 0 aliphatic rings. The highest BCUT2D eigenvalue weighted by molar-refractivity contribution is 9.10. The topological polar surface area (TPSA) is 74.6 Å². The van der Waals surface area contributed by atoms with Crippen LogP contribution in [0.1, 0.15) is 6.42 Å². The molecule has 0 aliphatic carbocycles. The van der Waals surface area contributed by atoms with Crippen LogP contribution in [0.3, 0.4) is 0 Å². The normalized spacial score (nSPS) is 12.6. The molecular weight excluding hydrogens is 192 g/mol. The Morgan fingerprint density at radius 3 is 2.00 bits per heavy atom. The number of carbonyl (C=O) groups is 2. The van der Waals surface area contributed by atoms with Crippen molar-refractivity contribution in [1.29, 1.82) is 0 Å². The maximum atomic E-state index is 9.92. The third kappa shape index (κ3) is 3.96. The molecule has 9 heavy (non-hydrogen) atoms. The SMILES string of the molecule is O=C(O)C[C@@H](Br)C(=O)O.